The topological polar surface area (TPSA) is 86.2 Å². The first-order chi connectivity index (χ1) is 14.4. The Kier molecular flexibility index (Phi) is 5.01. The molecule has 0 saturated carbocycles. The molecule has 30 heavy (non-hydrogen) atoms. The van der Waals surface area contributed by atoms with Crippen LogP contribution in [0.4, 0.5) is 14.5 Å². The summed E-state index contributed by atoms with van der Waals surface area (Å²) in [4.78, 5) is 38.3. The fourth-order valence-corrected chi connectivity index (χ4v) is 3.15. The molecule has 0 saturated heterocycles. The molecule has 0 radical (unpaired) electrons. The Morgan fingerprint density at radius 1 is 1.00 bits per heavy atom. The molecule has 152 valence electrons. The van der Waals surface area contributed by atoms with Crippen molar-refractivity contribution in [3.63, 3.8) is 0 Å². The molecule has 0 aliphatic heterocycles. The maximum absolute atomic E-state index is 13.8. The first kappa shape index (κ1) is 19.3. The van der Waals surface area contributed by atoms with Gasteiger partial charge in [-0.05, 0) is 36.4 Å². The third-order valence-electron chi connectivity index (χ3n) is 4.53. The van der Waals surface area contributed by atoms with Crippen LogP contribution in [0, 0.1) is 11.6 Å². The van der Waals surface area contributed by atoms with Gasteiger partial charge in [0.2, 0.25) is 5.91 Å². The number of halogens is 2. The van der Waals surface area contributed by atoms with Crippen molar-refractivity contribution >= 4 is 22.5 Å². The number of nitrogens with zero attached hydrogens (tertiary/aromatic N) is 2. The van der Waals surface area contributed by atoms with Crippen LogP contribution < -0.4 is 16.6 Å². The van der Waals surface area contributed by atoms with Gasteiger partial charge in [-0.25, -0.2) is 13.6 Å². The zero-order valence-electron chi connectivity index (χ0n) is 15.5. The average molecular weight is 411 g/mol. The summed E-state index contributed by atoms with van der Waals surface area (Å²) >= 11 is 0. The van der Waals surface area contributed by atoms with Crippen LogP contribution in [-0.2, 0) is 17.9 Å². The fraction of sp³-hybridized carbons (Fsp3) is 0.0952. The Hall–Kier alpha value is -4.01. The summed E-state index contributed by atoms with van der Waals surface area (Å²) < 4.78 is 34.2. The summed E-state index contributed by atoms with van der Waals surface area (Å²) in [5.41, 5.74) is -1.20. The van der Waals surface area contributed by atoms with Crippen molar-refractivity contribution in [2.75, 3.05) is 5.32 Å². The van der Waals surface area contributed by atoms with E-state index in [0.29, 0.717) is 11.8 Å². The summed E-state index contributed by atoms with van der Waals surface area (Å²) in [5.74, 6) is -2.04. The Bertz CT molecular complexity index is 1360. The Labute approximate surface area is 167 Å². The van der Waals surface area contributed by atoms with Crippen LogP contribution in [0.25, 0.3) is 10.9 Å². The monoisotopic (exact) mass is 411 g/mol. The SMILES string of the molecule is O=C(Cn1c(=O)n(Cc2ccco2)c(=O)c2ccccc21)Nc1ccc(F)cc1F. The third-order valence-corrected chi connectivity index (χ3v) is 4.53. The number of hydrogen-bond acceptors (Lipinski definition) is 4. The number of furan rings is 1. The molecule has 2 heterocycles. The van der Waals surface area contributed by atoms with E-state index in [0.717, 1.165) is 21.3 Å². The van der Waals surface area contributed by atoms with Gasteiger partial charge in [0.15, 0.2) is 0 Å². The highest BCUT2D eigenvalue weighted by Crippen LogP contribution is 2.15. The lowest BCUT2D eigenvalue weighted by atomic mass is 10.2. The summed E-state index contributed by atoms with van der Waals surface area (Å²) in [6.07, 6.45) is 1.42. The fourth-order valence-electron chi connectivity index (χ4n) is 3.15. The zero-order valence-corrected chi connectivity index (χ0v) is 15.5. The summed E-state index contributed by atoms with van der Waals surface area (Å²) in [6.45, 7) is -0.585. The smallest absolute Gasteiger partial charge is 0.332 e. The number of amides is 1. The van der Waals surface area contributed by atoms with Crippen LogP contribution in [0.15, 0.2) is 74.9 Å². The van der Waals surface area contributed by atoms with Crippen molar-refractivity contribution < 1.29 is 18.0 Å². The van der Waals surface area contributed by atoms with Crippen molar-refractivity contribution in [3.05, 3.63) is 99.1 Å². The first-order valence-electron chi connectivity index (χ1n) is 8.93. The van der Waals surface area contributed by atoms with Crippen LogP contribution in [-0.4, -0.2) is 15.0 Å². The van der Waals surface area contributed by atoms with Gasteiger partial charge in [0.05, 0.1) is 29.4 Å². The molecule has 0 fully saturated rings. The van der Waals surface area contributed by atoms with Crippen LogP contribution in [0.3, 0.4) is 0 Å². The van der Waals surface area contributed by atoms with Crippen molar-refractivity contribution in [3.8, 4) is 0 Å². The number of nitrogens with one attached hydrogen (secondary N) is 1. The van der Waals surface area contributed by atoms with E-state index in [4.69, 9.17) is 4.42 Å². The lowest BCUT2D eigenvalue weighted by molar-refractivity contribution is -0.116. The van der Waals surface area contributed by atoms with E-state index in [1.165, 1.54) is 6.26 Å². The van der Waals surface area contributed by atoms with Crippen molar-refractivity contribution in [1.82, 2.24) is 9.13 Å². The predicted molar refractivity (Wildman–Crippen MR) is 105 cm³/mol. The molecule has 2 aromatic carbocycles. The van der Waals surface area contributed by atoms with Crippen LogP contribution in [0.5, 0.6) is 0 Å². The highest BCUT2D eigenvalue weighted by Gasteiger charge is 2.17. The van der Waals surface area contributed by atoms with Crippen molar-refractivity contribution in [1.29, 1.82) is 0 Å². The van der Waals surface area contributed by atoms with Gasteiger partial charge < -0.3 is 9.73 Å². The molecular formula is C21H15F2N3O4. The summed E-state index contributed by atoms with van der Waals surface area (Å²) in [6, 6.07) is 12.3. The molecule has 4 rings (SSSR count). The highest BCUT2D eigenvalue weighted by molar-refractivity contribution is 5.91. The number of aromatic nitrogens is 2. The molecule has 1 N–H and O–H groups in total. The molecule has 0 bridgehead atoms. The van der Waals surface area contributed by atoms with Gasteiger partial charge >= 0.3 is 5.69 Å². The average Bonchev–Trinajstić information content (AvgIpc) is 3.24. The van der Waals surface area contributed by atoms with E-state index >= 15 is 0 Å². The van der Waals surface area contributed by atoms with E-state index in [1.54, 1.807) is 36.4 Å². The van der Waals surface area contributed by atoms with E-state index in [1.807, 2.05) is 0 Å². The summed E-state index contributed by atoms with van der Waals surface area (Å²) in [5, 5.41) is 2.55. The highest BCUT2D eigenvalue weighted by atomic mass is 19.1. The van der Waals surface area contributed by atoms with Gasteiger partial charge in [0.25, 0.3) is 5.56 Å². The van der Waals surface area contributed by atoms with Crippen LogP contribution in [0.2, 0.25) is 0 Å². The summed E-state index contributed by atoms with van der Waals surface area (Å²) in [7, 11) is 0. The minimum atomic E-state index is -0.941. The second-order valence-corrected chi connectivity index (χ2v) is 6.53. The van der Waals surface area contributed by atoms with Crippen molar-refractivity contribution in [2.24, 2.45) is 0 Å². The maximum Gasteiger partial charge on any atom is 0.332 e. The minimum absolute atomic E-state index is 0.107. The zero-order chi connectivity index (χ0) is 21.3. The van der Waals surface area contributed by atoms with Gasteiger partial charge in [-0.1, -0.05) is 12.1 Å². The van der Waals surface area contributed by atoms with E-state index in [2.05, 4.69) is 5.32 Å². The van der Waals surface area contributed by atoms with Gasteiger partial charge in [-0.15, -0.1) is 0 Å². The first-order valence-corrected chi connectivity index (χ1v) is 8.93. The van der Waals surface area contributed by atoms with Gasteiger partial charge in [0, 0.05) is 6.07 Å². The molecule has 0 atom stereocenters. The molecular weight excluding hydrogens is 396 g/mol. The maximum atomic E-state index is 13.8. The molecule has 1 amide bonds. The number of carbonyl (C=O) groups excluding carboxylic acids is 1. The molecule has 0 spiro atoms. The van der Waals surface area contributed by atoms with Crippen molar-refractivity contribution in [2.45, 2.75) is 13.1 Å². The predicted octanol–water partition coefficient (Wildman–Crippen LogP) is 2.72. The molecule has 2 aromatic heterocycles. The van der Waals surface area contributed by atoms with Gasteiger partial charge in [0.1, 0.15) is 23.9 Å². The molecule has 7 nitrogen and oxygen atoms in total. The van der Waals surface area contributed by atoms with Crippen LogP contribution >= 0.6 is 0 Å². The number of anilines is 1. The minimum Gasteiger partial charge on any atom is -0.467 e. The molecule has 4 aromatic rings. The quantitative estimate of drug-likeness (QED) is 0.547. The molecule has 0 unspecified atom stereocenters. The van der Waals surface area contributed by atoms with E-state index in [-0.39, 0.29) is 23.1 Å². The second kappa shape index (κ2) is 7.78. The third kappa shape index (κ3) is 3.64. The lowest BCUT2D eigenvalue weighted by Crippen LogP contribution is -2.42. The molecule has 0 aliphatic carbocycles. The molecule has 9 heteroatoms. The van der Waals surface area contributed by atoms with Gasteiger partial charge in [-0.3, -0.25) is 18.7 Å². The Morgan fingerprint density at radius 3 is 2.53 bits per heavy atom. The molecule has 0 aliphatic rings. The second-order valence-electron chi connectivity index (χ2n) is 6.53. The van der Waals surface area contributed by atoms with Crippen LogP contribution in [0.1, 0.15) is 5.76 Å². The standard InChI is InChI=1S/C21H15F2N3O4/c22-13-7-8-17(16(23)10-13)24-19(27)12-25-18-6-2-1-5-15(18)20(28)26(21(25)29)11-14-4-3-9-30-14/h1-10H,11-12H2,(H,24,27). The largest absolute Gasteiger partial charge is 0.467 e. The number of hydrogen-bond donors (Lipinski definition) is 1. The number of fused-ring (bicyclic) bond motifs is 1. The Balaban J connectivity index is 1.75. The normalized spacial score (nSPS) is 11.0. The number of carbonyl (C=O) groups is 1. The van der Waals surface area contributed by atoms with E-state index in [9.17, 15) is 23.2 Å². The number of rotatable bonds is 5. The van der Waals surface area contributed by atoms with E-state index < -0.39 is 35.3 Å². The lowest BCUT2D eigenvalue weighted by Gasteiger charge is -2.14. The van der Waals surface area contributed by atoms with Gasteiger partial charge in [-0.2, -0.15) is 0 Å². The Morgan fingerprint density at radius 2 is 1.80 bits per heavy atom. The number of benzene rings is 2. The number of para-hydroxylation sites is 1.